The zero-order valence-corrected chi connectivity index (χ0v) is 14.7. The number of thioether (sulfide) groups is 1. The van der Waals surface area contributed by atoms with Crippen LogP contribution >= 0.6 is 11.8 Å². The van der Waals surface area contributed by atoms with E-state index >= 15 is 0 Å². The molecular formula is C18H30N2S. The molecule has 0 amide bonds. The van der Waals surface area contributed by atoms with Crippen molar-refractivity contribution in [2.24, 2.45) is 5.92 Å². The van der Waals surface area contributed by atoms with Gasteiger partial charge in [0, 0.05) is 23.5 Å². The van der Waals surface area contributed by atoms with Gasteiger partial charge >= 0.3 is 0 Å². The summed E-state index contributed by atoms with van der Waals surface area (Å²) in [6.45, 7) is 10.6. The second-order valence-corrected chi connectivity index (χ2v) is 7.13. The van der Waals surface area contributed by atoms with Crippen LogP contribution in [0.4, 0.5) is 0 Å². The fraction of sp³-hybridized carbons (Fsp3) is 0.667. The Kier molecular flexibility index (Phi) is 6.59. The van der Waals surface area contributed by atoms with Crippen molar-refractivity contribution in [2.45, 2.75) is 50.6 Å². The molecule has 0 aromatic heterocycles. The number of nitrogens with zero attached hydrogens (tertiary/aromatic N) is 1. The fourth-order valence-electron chi connectivity index (χ4n) is 3.31. The predicted molar refractivity (Wildman–Crippen MR) is 94.1 cm³/mol. The van der Waals surface area contributed by atoms with Gasteiger partial charge in [0.1, 0.15) is 0 Å². The van der Waals surface area contributed by atoms with Crippen LogP contribution in [0.15, 0.2) is 29.2 Å². The van der Waals surface area contributed by atoms with Crippen molar-refractivity contribution < 1.29 is 0 Å². The van der Waals surface area contributed by atoms with Gasteiger partial charge in [-0.3, -0.25) is 0 Å². The number of hydrogen-bond donors (Lipinski definition) is 1. The third kappa shape index (κ3) is 4.73. The molecule has 1 fully saturated rings. The topological polar surface area (TPSA) is 15.3 Å². The Morgan fingerprint density at radius 3 is 2.62 bits per heavy atom. The first-order valence-corrected chi connectivity index (χ1v) is 9.48. The number of benzene rings is 1. The second kappa shape index (κ2) is 8.21. The minimum absolute atomic E-state index is 0.424. The lowest BCUT2D eigenvalue weighted by Gasteiger charge is -2.36. The minimum atomic E-state index is 0.424. The van der Waals surface area contributed by atoms with Crippen LogP contribution in [0.1, 0.15) is 45.2 Å². The molecule has 3 atom stereocenters. The van der Waals surface area contributed by atoms with Crippen molar-refractivity contribution in [1.82, 2.24) is 10.2 Å². The molecule has 1 aliphatic rings. The molecule has 0 saturated carbocycles. The first kappa shape index (κ1) is 16.9. The lowest BCUT2D eigenvalue weighted by molar-refractivity contribution is 0.153. The highest BCUT2D eigenvalue weighted by atomic mass is 32.2. The van der Waals surface area contributed by atoms with Gasteiger partial charge in [-0.1, -0.05) is 19.1 Å². The van der Waals surface area contributed by atoms with Gasteiger partial charge < -0.3 is 10.2 Å². The molecule has 2 rings (SSSR count). The van der Waals surface area contributed by atoms with E-state index in [9.17, 15) is 0 Å². The van der Waals surface area contributed by atoms with Crippen LogP contribution in [-0.4, -0.2) is 36.8 Å². The van der Waals surface area contributed by atoms with Crippen LogP contribution in [-0.2, 0) is 0 Å². The SMILES string of the molecule is CCN1CCCC(C(C)NC(C)c2ccc(SC)cc2)C1. The van der Waals surface area contributed by atoms with Gasteiger partial charge in [0.15, 0.2) is 0 Å². The lowest BCUT2D eigenvalue weighted by atomic mass is 9.90. The molecule has 0 bridgehead atoms. The predicted octanol–water partition coefficient (Wildman–Crippen LogP) is 4.18. The molecule has 1 aliphatic heterocycles. The summed E-state index contributed by atoms with van der Waals surface area (Å²) >= 11 is 1.80. The Hall–Kier alpha value is -0.510. The van der Waals surface area contributed by atoms with Gasteiger partial charge in [0.2, 0.25) is 0 Å². The molecule has 1 saturated heterocycles. The van der Waals surface area contributed by atoms with E-state index in [0.29, 0.717) is 12.1 Å². The van der Waals surface area contributed by atoms with E-state index in [-0.39, 0.29) is 0 Å². The van der Waals surface area contributed by atoms with E-state index in [2.05, 4.69) is 61.5 Å². The van der Waals surface area contributed by atoms with Crippen molar-refractivity contribution in [1.29, 1.82) is 0 Å². The monoisotopic (exact) mass is 306 g/mol. The first-order valence-electron chi connectivity index (χ1n) is 8.26. The van der Waals surface area contributed by atoms with Gasteiger partial charge in [-0.2, -0.15) is 0 Å². The molecule has 118 valence electrons. The molecule has 3 unspecified atom stereocenters. The van der Waals surface area contributed by atoms with Crippen molar-refractivity contribution >= 4 is 11.8 Å². The zero-order valence-electron chi connectivity index (χ0n) is 13.9. The maximum Gasteiger partial charge on any atom is 0.0294 e. The average Bonchev–Trinajstić information content (AvgIpc) is 2.54. The molecule has 0 aliphatic carbocycles. The van der Waals surface area contributed by atoms with Crippen molar-refractivity contribution in [3.8, 4) is 0 Å². The summed E-state index contributed by atoms with van der Waals surface area (Å²) in [6, 6.07) is 9.97. The first-order chi connectivity index (χ1) is 10.1. The summed E-state index contributed by atoms with van der Waals surface area (Å²) in [5, 5.41) is 3.81. The normalized spacial score (nSPS) is 23.0. The number of likely N-dealkylation sites (tertiary alicyclic amines) is 1. The number of piperidine rings is 1. The molecule has 0 radical (unpaired) electrons. The summed E-state index contributed by atoms with van der Waals surface area (Å²) in [4.78, 5) is 3.93. The van der Waals surface area contributed by atoms with E-state index < -0.39 is 0 Å². The third-order valence-electron chi connectivity index (χ3n) is 4.82. The Morgan fingerprint density at radius 1 is 1.29 bits per heavy atom. The van der Waals surface area contributed by atoms with E-state index in [0.717, 1.165) is 5.92 Å². The third-order valence-corrected chi connectivity index (χ3v) is 5.57. The van der Waals surface area contributed by atoms with Crippen LogP contribution < -0.4 is 5.32 Å². The van der Waals surface area contributed by atoms with E-state index in [4.69, 9.17) is 0 Å². The minimum Gasteiger partial charge on any atom is -0.307 e. The van der Waals surface area contributed by atoms with Gasteiger partial charge in [-0.05, 0) is 69.6 Å². The van der Waals surface area contributed by atoms with Gasteiger partial charge in [-0.25, -0.2) is 0 Å². The largest absolute Gasteiger partial charge is 0.307 e. The van der Waals surface area contributed by atoms with Crippen LogP contribution in [0.3, 0.4) is 0 Å². The average molecular weight is 307 g/mol. The fourth-order valence-corrected chi connectivity index (χ4v) is 3.71. The molecule has 3 heteroatoms. The van der Waals surface area contributed by atoms with Crippen molar-refractivity contribution in [3.05, 3.63) is 29.8 Å². The maximum absolute atomic E-state index is 3.81. The van der Waals surface area contributed by atoms with Crippen LogP contribution in [0.25, 0.3) is 0 Å². The Morgan fingerprint density at radius 2 is 2.00 bits per heavy atom. The quantitative estimate of drug-likeness (QED) is 0.794. The van der Waals surface area contributed by atoms with Crippen LogP contribution in [0.5, 0.6) is 0 Å². The van der Waals surface area contributed by atoms with Crippen molar-refractivity contribution in [2.75, 3.05) is 25.9 Å². The highest BCUT2D eigenvalue weighted by molar-refractivity contribution is 7.98. The highest BCUT2D eigenvalue weighted by Crippen LogP contribution is 2.23. The van der Waals surface area contributed by atoms with Gasteiger partial charge in [0.05, 0.1) is 0 Å². The van der Waals surface area contributed by atoms with Gasteiger partial charge in [-0.15, -0.1) is 11.8 Å². The summed E-state index contributed by atoms with van der Waals surface area (Å²) in [5.41, 5.74) is 1.39. The molecule has 0 spiro atoms. The summed E-state index contributed by atoms with van der Waals surface area (Å²) < 4.78 is 0. The van der Waals surface area contributed by atoms with Crippen LogP contribution in [0.2, 0.25) is 0 Å². The summed E-state index contributed by atoms with van der Waals surface area (Å²) in [5.74, 6) is 0.784. The Balaban J connectivity index is 1.89. The molecular weight excluding hydrogens is 276 g/mol. The van der Waals surface area contributed by atoms with Crippen LogP contribution in [0, 0.1) is 5.92 Å². The Bertz CT molecular complexity index is 418. The van der Waals surface area contributed by atoms with E-state index in [1.165, 1.54) is 42.9 Å². The van der Waals surface area contributed by atoms with E-state index in [1.54, 1.807) is 11.8 Å². The van der Waals surface area contributed by atoms with E-state index in [1.807, 2.05) is 0 Å². The summed E-state index contributed by atoms with van der Waals surface area (Å²) in [6.07, 6.45) is 4.84. The second-order valence-electron chi connectivity index (χ2n) is 6.25. The lowest BCUT2D eigenvalue weighted by Crippen LogP contribution is -2.44. The number of rotatable bonds is 6. The molecule has 2 nitrogen and oxygen atoms in total. The number of nitrogens with one attached hydrogen (secondary N) is 1. The Labute approximate surface area is 134 Å². The van der Waals surface area contributed by atoms with Gasteiger partial charge in [0.25, 0.3) is 0 Å². The van der Waals surface area contributed by atoms with Crippen molar-refractivity contribution in [3.63, 3.8) is 0 Å². The maximum atomic E-state index is 3.81. The molecule has 1 aromatic carbocycles. The molecule has 21 heavy (non-hydrogen) atoms. The summed E-state index contributed by atoms with van der Waals surface area (Å²) in [7, 11) is 0. The molecule has 1 heterocycles. The highest BCUT2D eigenvalue weighted by Gasteiger charge is 2.24. The zero-order chi connectivity index (χ0) is 15.2. The molecule has 1 N–H and O–H groups in total. The number of hydrogen-bond acceptors (Lipinski definition) is 3. The standard InChI is InChI=1S/C18H30N2S/c1-5-20-12-6-7-17(13-20)15(3)19-14(2)16-8-10-18(21-4)11-9-16/h8-11,14-15,17,19H,5-7,12-13H2,1-4H3. The molecule has 1 aromatic rings. The smallest absolute Gasteiger partial charge is 0.0294 e.